The van der Waals surface area contributed by atoms with E-state index in [1.165, 1.54) is 6.20 Å². The molecular formula is C9H17N5O2S. The second kappa shape index (κ2) is 5.28. The van der Waals surface area contributed by atoms with Gasteiger partial charge in [0, 0.05) is 12.7 Å². The molecule has 0 amide bonds. The Morgan fingerprint density at radius 3 is 2.82 bits per heavy atom. The Hall–Kier alpha value is -1.41. The van der Waals surface area contributed by atoms with E-state index in [2.05, 4.69) is 9.71 Å². The van der Waals surface area contributed by atoms with E-state index >= 15 is 0 Å². The van der Waals surface area contributed by atoms with Crippen LogP contribution in [0.5, 0.6) is 0 Å². The summed E-state index contributed by atoms with van der Waals surface area (Å²) in [7, 11) is -3.68. The molecule has 0 saturated carbocycles. The zero-order valence-electron chi connectivity index (χ0n) is 9.90. The Morgan fingerprint density at radius 1 is 1.65 bits per heavy atom. The number of amidine groups is 1. The van der Waals surface area contributed by atoms with Crippen molar-refractivity contribution in [1.82, 2.24) is 14.3 Å². The molecule has 96 valence electrons. The van der Waals surface area contributed by atoms with E-state index < -0.39 is 10.0 Å². The molecule has 7 nitrogen and oxygen atoms in total. The predicted molar refractivity (Wildman–Crippen MR) is 64.4 cm³/mol. The largest absolute Gasteiger partial charge is 0.387 e. The van der Waals surface area contributed by atoms with Gasteiger partial charge in [-0.05, 0) is 13.3 Å². The molecule has 0 unspecified atom stereocenters. The Morgan fingerprint density at radius 2 is 2.29 bits per heavy atom. The Balaban J connectivity index is 2.91. The van der Waals surface area contributed by atoms with E-state index in [9.17, 15) is 8.42 Å². The zero-order valence-corrected chi connectivity index (χ0v) is 10.7. The van der Waals surface area contributed by atoms with Gasteiger partial charge in [0.15, 0.2) is 5.03 Å². The molecule has 4 N–H and O–H groups in total. The van der Waals surface area contributed by atoms with E-state index in [-0.39, 0.29) is 17.4 Å². The number of nitrogens with one attached hydrogen (secondary N) is 2. The number of imidazole rings is 1. The second-order valence-corrected chi connectivity index (χ2v) is 5.38. The van der Waals surface area contributed by atoms with Crippen molar-refractivity contribution in [2.45, 2.75) is 31.8 Å². The maximum absolute atomic E-state index is 11.8. The highest BCUT2D eigenvalue weighted by Gasteiger charge is 2.18. The van der Waals surface area contributed by atoms with Crippen LogP contribution < -0.4 is 10.5 Å². The molecule has 0 spiro atoms. The summed E-state index contributed by atoms with van der Waals surface area (Å²) in [5.41, 5.74) is 5.09. The van der Waals surface area contributed by atoms with E-state index in [4.69, 9.17) is 11.1 Å². The standard InChI is InChI=1S/C9H17N5O2S/c1-3-4-14-6-9(13-7(14)2)17(15,16)12-5-8(10)11/h6,12H,3-5H2,1-2H3,(H3,10,11). The quantitative estimate of drug-likeness (QED) is 0.485. The second-order valence-electron chi connectivity index (χ2n) is 3.67. The molecule has 0 aliphatic rings. The minimum Gasteiger partial charge on any atom is -0.387 e. The maximum Gasteiger partial charge on any atom is 0.259 e. The third-order valence-corrected chi connectivity index (χ3v) is 3.42. The fourth-order valence-electron chi connectivity index (χ4n) is 1.32. The lowest BCUT2D eigenvalue weighted by molar-refractivity contribution is 0.582. The number of rotatable bonds is 6. The first kappa shape index (κ1) is 13.7. The minimum absolute atomic E-state index is 0.0373. The fraction of sp³-hybridized carbons (Fsp3) is 0.556. The lowest BCUT2D eigenvalue weighted by atomic mass is 10.5. The van der Waals surface area contributed by atoms with Crippen LogP contribution in [-0.2, 0) is 16.6 Å². The van der Waals surface area contributed by atoms with Crippen molar-refractivity contribution in [3.63, 3.8) is 0 Å². The maximum atomic E-state index is 11.8. The van der Waals surface area contributed by atoms with Crippen LogP contribution in [0.1, 0.15) is 19.2 Å². The predicted octanol–water partition coefficient (Wildman–Crippen LogP) is -0.184. The van der Waals surface area contributed by atoms with E-state index in [1.807, 2.05) is 6.92 Å². The molecule has 0 saturated heterocycles. The van der Waals surface area contributed by atoms with Crippen LogP contribution in [0.4, 0.5) is 0 Å². The summed E-state index contributed by atoms with van der Waals surface area (Å²) in [4.78, 5) is 3.98. The van der Waals surface area contributed by atoms with Crippen LogP contribution >= 0.6 is 0 Å². The van der Waals surface area contributed by atoms with E-state index in [0.29, 0.717) is 5.82 Å². The summed E-state index contributed by atoms with van der Waals surface area (Å²) in [5, 5.41) is 6.94. The monoisotopic (exact) mass is 259 g/mol. The lowest BCUT2D eigenvalue weighted by Crippen LogP contribution is -2.33. The minimum atomic E-state index is -3.68. The van der Waals surface area contributed by atoms with Gasteiger partial charge in [0.25, 0.3) is 10.0 Å². The van der Waals surface area contributed by atoms with Crippen LogP contribution in [-0.4, -0.2) is 30.3 Å². The Labute approximate surface area is 101 Å². The molecule has 0 fully saturated rings. The molecule has 0 atom stereocenters. The molecule has 1 heterocycles. The van der Waals surface area contributed by atoms with Crippen molar-refractivity contribution in [3.05, 3.63) is 12.0 Å². The summed E-state index contributed by atoms with van der Waals surface area (Å²) in [5.74, 6) is 0.410. The van der Waals surface area contributed by atoms with Crippen LogP contribution in [0.25, 0.3) is 0 Å². The van der Waals surface area contributed by atoms with Crippen LogP contribution in [0.3, 0.4) is 0 Å². The van der Waals surface area contributed by atoms with Gasteiger partial charge < -0.3 is 10.3 Å². The topological polar surface area (TPSA) is 114 Å². The molecule has 8 heteroatoms. The van der Waals surface area contributed by atoms with Gasteiger partial charge in [-0.25, -0.2) is 18.1 Å². The van der Waals surface area contributed by atoms with Crippen molar-refractivity contribution in [3.8, 4) is 0 Å². The highest BCUT2D eigenvalue weighted by atomic mass is 32.2. The Bertz CT molecular complexity index is 505. The molecule has 0 aliphatic carbocycles. The molecule has 0 aliphatic heterocycles. The van der Waals surface area contributed by atoms with Gasteiger partial charge in [-0.15, -0.1) is 0 Å². The first-order valence-electron chi connectivity index (χ1n) is 5.23. The first-order valence-corrected chi connectivity index (χ1v) is 6.71. The summed E-state index contributed by atoms with van der Waals surface area (Å²) in [6, 6.07) is 0. The highest BCUT2D eigenvalue weighted by Crippen LogP contribution is 2.09. The molecule has 0 aromatic carbocycles. The molecule has 1 rings (SSSR count). The summed E-state index contributed by atoms with van der Waals surface area (Å²) in [6.45, 7) is 4.27. The molecule has 17 heavy (non-hydrogen) atoms. The van der Waals surface area contributed by atoms with Gasteiger partial charge in [-0.1, -0.05) is 6.92 Å². The summed E-state index contributed by atoms with van der Waals surface area (Å²) < 4.78 is 27.5. The molecule has 0 radical (unpaired) electrons. The summed E-state index contributed by atoms with van der Waals surface area (Å²) >= 11 is 0. The van der Waals surface area contributed by atoms with Gasteiger partial charge in [-0.3, -0.25) is 5.41 Å². The SMILES string of the molecule is CCCn1cc(S(=O)(=O)NCC(=N)N)nc1C. The van der Waals surface area contributed by atoms with Crippen LogP contribution in [0, 0.1) is 12.3 Å². The fourth-order valence-corrected chi connectivity index (χ4v) is 2.33. The third kappa shape index (κ3) is 3.53. The van der Waals surface area contributed by atoms with Gasteiger partial charge in [-0.2, -0.15) is 0 Å². The lowest BCUT2D eigenvalue weighted by Gasteiger charge is -2.02. The van der Waals surface area contributed by atoms with Gasteiger partial charge in [0.05, 0.1) is 6.54 Å². The first-order chi connectivity index (χ1) is 7.86. The zero-order chi connectivity index (χ0) is 13.1. The van der Waals surface area contributed by atoms with Crippen LogP contribution in [0.15, 0.2) is 11.2 Å². The number of aryl methyl sites for hydroxylation is 2. The smallest absolute Gasteiger partial charge is 0.259 e. The third-order valence-electron chi connectivity index (χ3n) is 2.15. The van der Waals surface area contributed by atoms with Gasteiger partial charge in [0.2, 0.25) is 0 Å². The van der Waals surface area contributed by atoms with Gasteiger partial charge in [0.1, 0.15) is 11.7 Å². The number of sulfonamides is 1. The average molecular weight is 259 g/mol. The van der Waals surface area contributed by atoms with E-state index in [1.54, 1.807) is 11.5 Å². The van der Waals surface area contributed by atoms with Crippen molar-refractivity contribution in [1.29, 1.82) is 5.41 Å². The number of hydrogen-bond acceptors (Lipinski definition) is 4. The molecular weight excluding hydrogens is 242 g/mol. The highest BCUT2D eigenvalue weighted by molar-refractivity contribution is 7.89. The van der Waals surface area contributed by atoms with E-state index in [0.717, 1.165) is 13.0 Å². The molecule has 0 bridgehead atoms. The molecule has 1 aromatic rings. The van der Waals surface area contributed by atoms with Crippen molar-refractivity contribution in [2.24, 2.45) is 5.73 Å². The summed E-state index contributed by atoms with van der Waals surface area (Å²) in [6.07, 6.45) is 2.39. The van der Waals surface area contributed by atoms with Crippen LogP contribution in [0.2, 0.25) is 0 Å². The van der Waals surface area contributed by atoms with Crippen molar-refractivity contribution >= 4 is 15.9 Å². The average Bonchev–Trinajstić information content (AvgIpc) is 2.59. The Kier molecular flexibility index (Phi) is 4.24. The normalized spacial score (nSPS) is 11.6. The number of nitrogens with zero attached hydrogens (tertiary/aromatic N) is 2. The number of hydrogen-bond donors (Lipinski definition) is 3. The van der Waals surface area contributed by atoms with Crippen molar-refractivity contribution < 1.29 is 8.42 Å². The van der Waals surface area contributed by atoms with Crippen molar-refractivity contribution in [2.75, 3.05) is 6.54 Å². The van der Waals surface area contributed by atoms with Gasteiger partial charge >= 0.3 is 0 Å². The molecule has 1 aromatic heterocycles. The number of aromatic nitrogens is 2. The number of nitrogens with two attached hydrogens (primary N) is 1.